The molecule has 118 valence electrons. The standard InChI is InChI=1S/C18H21N5/c1-13(2)22-12-4-6-16(22)18-21-15-5-3-9-20-17(15)23(18)14-7-10-19-11-8-14/h3,5,7-11,13,16H,4,6,12H2,1-2H3. The minimum Gasteiger partial charge on any atom is -0.291 e. The molecule has 4 rings (SSSR count). The fourth-order valence-electron chi connectivity index (χ4n) is 3.59. The molecule has 1 fully saturated rings. The minimum atomic E-state index is 0.345. The molecule has 3 aromatic rings. The molecule has 5 heteroatoms. The summed E-state index contributed by atoms with van der Waals surface area (Å²) < 4.78 is 2.20. The first-order valence-corrected chi connectivity index (χ1v) is 8.25. The van der Waals surface area contributed by atoms with Crippen molar-refractivity contribution in [3.05, 3.63) is 48.7 Å². The third-order valence-electron chi connectivity index (χ3n) is 4.62. The normalized spacial score (nSPS) is 19.0. The van der Waals surface area contributed by atoms with Crippen molar-refractivity contribution in [1.29, 1.82) is 0 Å². The summed E-state index contributed by atoms with van der Waals surface area (Å²) >= 11 is 0. The van der Waals surface area contributed by atoms with E-state index in [1.54, 1.807) is 0 Å². The molecule has 1 atom stereocenters. The average Bonchev–Trinajstić information content (AvgIpc) is 3.20. The van der Waals surface area contributed by atoms with Crippen LogP contribution in [0.15, 0.2) is 42.9 Å². The molecule has 1 aliphatic heterocycles. The summed E-state index contributed by atoms with van der Waals surface area (Å²) in [6, 6.07) is 8.89. The van der Waals surface area contributed by atoms with Gasteiger partial charge < -0.3 is 0 Å². The van der Waals surface area contributed by atoms with Gasteiger partial charge in [0.2, 0.25) is 0 Å². The quantitative estimate of drug-likeness (QED) is 0.744. The average molecular weight is 307 g/mol. The van der Waals surface area contributed by atoms with Gasteiger partial charge in [-0.3, -0.25) is 14.5 Å². The summed E-state index contributed by atoms with van der Waals surface area (Å²) in [6.45, 7) is 5.65. The lowest BCUT2D eigenvalue weighted by Crippen LogP contribution is -2.31. The molecule has 3 aromatic heterocycles. The van der Waals surface area contributed by atoms with Crippen LogP contribution in [0, 0.1) is 0 Å². The number of aromatic nitrogens is 4. The summed E-state index contributed by atoms with van der Waals surface area (Å²) in [6.07, 6.45) is 7.84. The van der Waals surface area contributed by atoms with Crippen LogP contribution < -0.4 is 0 Å². The summed E-state index contributed by atoms with van der Waals surface area (Å²) in [5, 5.41) is 0. The van der Waals surface area contributed by atoms with Crippen LogP contribution in [0.2, 0.25) is 0 Å². The number of pyridine rings is 2. The van der Waals surface area contributed by atoms with E-state index in [0.29, 0.717) is 12.1 Å². The van der Waals surface area contributed by atoms with Gasteiger partial charge in [0.15, 0.2) is 5.65 Å². The molecule has 0 bridgehead atoms. The van der Waals surface area contributed by atoms with Crippen molar-refractivity contribution >= 4 is 11.2 Å². The second kappa shape index (κ2) is 5.74. The number of likely N-dealkylation sites (tertiary alicyclic amines) is 1. The van der Waals surface area contributed by atoms with Crippen LogP contribution in [0.5, 0.6) is 0 Å². The molecular formula is C18H21N5. The number of imidazole rings is 1. The summed E-state index contributed by atoms with van der Waals surface area (Å²) in [5.41, 5.74) is 2.95. The van der Waals surface area contributed by atoms with E-state index >= 15 is 0 Å². The molecule has 5 nitrogen and oxygen atoms in total. The maximum atomic E-state index is 4.94. The lowest BCUT2D eigenvalue weighted by Gasteiger charge is -2.28. The lowest BCUT2D eigenvalue weighted by atomic mass is 10.2. The maximum Gasteiger partial charge on any atom is 0.164 e. The third kappa shape index (κ3) is 2.41. The molecule has 4 heterocycles. The van der Waals surface area contributed by atoms with Gasteiger partial charge in [0.05, 0.1) is 11.7 Å². The number of hydrogen-bond donors (Lipinski definition) is 0. The number of rotatable bonds is 3. The van der Waals surface area contributed by atoms with E-state index in [-0.39, 0.29) is 0 Å². The Kier molecular flexibility index (Phi) is 3.58. The fourth-order valence-corrected chi connectivity index (χ4v) is 3.59. The monoisotopic (exact) mass is 307 g/mol. The molecule has 1 aliphatic rings. The Labute approximate surface area is 136 Å². The molecule has 0 radical (unpaired) electrons. The van der Waals surface area contributed by atoms with E-state index in [2.05, 4.69) is 33.3 Å². The van der Waals surface area contributed by atoms with Crippen molar-refractivity contribution in [2.24, 2.45) is 0 Å². The van der Waals surface area contributed by atoms with Crippen LogP contribution in [0.25, 0.3) is 16.9 Å². The molecule has 0 amide bonds. The number of hydrogen-bond acceptors (Lipinski definition) is 4. The summed E-state index contributed by atoms with van der Waals surface area (Å²) in [5.74, 6) is 1.09. The molecule has 1 unspecified atom stereocenters. The zero-order chi connectivity index (χ0) is 15.8. The number of fused-ring (bicyclic) bond motifs is 1. The van der Waals surface area contributed by atoms with Crippen LogP contribution in [0.1, 0.15) is 38.6 Å². The second-order valence-electron chi connectivity index (χ2n) is 6.35. The van der Waals surface area contributed by atoms with Gasteiger partial charge in [0, 0.05) is 24.6 Å². The number of nitrogens with zero attached hydrogens (tertiary/aromatic N) is 5. The van der Waals surface area contributed by atoms with E-state index in [1.807, 2.05) is 42.9 Å². The van der Waals surface area contributed by atoms with E-state index in [0.717, 1.165) is 35.6 Å². The minimum absolute atomic E-state index is 0.345. The summed E-state index contributed by atoms with van der Waals surface area (Å²) in [7, 11) is 0. The van der Waals surface area contributed by atoms with Crippen molar-refractivity contribution in [2.45, 2.75) is 38.8 Å². The first-order chi connectivity index (χ1) is 11.3. The Bertz CT molecular complexity index is 809. The summed E-state index contributed by atoms with van der Waals surface area (Å²) in [4.78, 5) is 16.2. The predicted molar refractivity (Wildman–Crippen MR) is 90.5 cm³/mol. The molecule has 23 heavy (non-hydrogen) atoms. The highest BCUT2D eigenvalue weighted by atomic mass is 15.3. The van der Waals surface area contributed by atoms with Crippen molar-refractivity contribution in [3.8, 4) is 5.69 Å². The van der Waals surface area contributed by atoms with Gasteiger partial charge in [-0.1, -0.05) is 0 Å². The second-order valence-corrected chi connectivity index (χ2v) is 6.35. The van der Waals surface area contributed by atoms with Crippen LogP contribution in [-0.4, -0.2) is 37.0 Å². The zero-order valence-electron chi connectivity index (χ0n) is 13.6. The van der Waals surface area contributed by atoms with E-state index in [1.165, 1.54) is 6.42 Å². The molecule has 0 saturated carbocycles. The van der Waals surface area contributed by atoms with Gasteiger partial charge in [0.1, 0.15) is 11.3 Å². The topological polar surface area (TPSA) is 46.8 Å². The first-order valence-electron chi connectivity index (χ1n) is 8.25. The molecule has 0 N–H and O–H groups in total. The van der Waals surface area contributed by atoms with Crippen LogP contribution >= 0.6 is 0 Å². The van der Waals surface area contributed by atoms with Gasteiger partial charge in [-0.05, 0) is 57.5 Å². The molecule has 0 aromatic carbocycles. The van der Waals surface area contributed by atoms with Gasteiger partial charge in [-0.2, -0.15) is 0 Å². The molecular weight excluding hydrogens is 286 g/mol. The molecule has 0 aliphatic carbocycles. The molecule has 0 spiro atoms. The van der Waals surface area contributed by atoms with Gasteiger partial charge >= 0.3 is 0 Å². The SMILES string of the molecule is CC(C)N1CCCC1c1nc2cccnc2n1-c1ccncc1. The predicted octanol–water partition coefficient (Wildman–Crippen LogP) is 3.36. The highest BCUT2D eigenvalue weighted by molar-refractivity contribution is 5.73. The van der Waals surface area contributed by atoms with Crippen molar-refractivity contribution in [1.82, 2.24) is 24.4 Å². The first kappa shape index (κ1) is 14.3. The van der Waals surface area contributed by atoms with E-state index in [4.69, 9.17) is 4.98 Å². The highest BCUT2D eigenvalue weighted by Crippen LogP contribution is 2.35. The lowest BCUT2D eigenvalue weighted by molar-refractivity contribution is 0.197. The van der Waals surface area contributed by atoms with E-state index in [9.17, 15) is 0 Å². The Hall–Kier alpha value is -2.27. The van der Waals surface area contributed by atoms with Crippen LogP contribution in [-0.2, 0) is 0 Å². The zero-order valence-corrected chi connectivity index (χ0v) is 13.6. The van der Waals surface area contributed by atoms with Gasteiger partial charge in [-0.15, -0.1) is 0 Å². The van der Waals surface area contributed by atoms with Gasteiger partial charge in [-0.25, -0.2) is 9.97 Å². The van der Waals surface area contributed by atoms with E-state index < -0.39 is 0 Å². The fraction of sp³-hybridized carbons (Fsp3) is 0.389. The molecule has 1 saturated heterocycles. The van der Waals surface area contributed by atoms with Crippen LogP contribution in [0.4, 0.5) is 0 Å². The third-order valence-corrected chi connectivity index (χ3v) is 4.62. The highest BCUT2D eigenvalue weighted by Gasteiger charge is 2.32. The van der Waals surface area contributed by atoms with Crippen molar-refractivity contribution < 1.29 is 0 Å². The smallest absolute Gasteiger partial charge is 0.164 e. The Balaban J connectivity index is 1.93. The van der Waals surface area contributed by atoms with Gasteiger partial charge in [0.25, 0.3) is 0 Å². The Morgan fingerprint density at radius 3 is 2.74 bits per heavy atom. The Morgan fingerprint density at radius 1 is 1.13 bits per heavy atom. The van der Waals surface area contributed by atoms with Crippen molar-refractivity contribution in [2.75, 3.05) is 6.54 Å². The van der Waals surface area contributed by atoms with Crippen LogP contribution in [0.3, 0.4) is 0 Å². The maximum absolute atomic E-state index is 4.94. The largest absolute Gasteiger partial charge is 0.291 e. The van der Waals surface area contributed by atoms with Crippen molar-refractivity contribution in [3.63, 3.8) is 0 Å². The Morgan fingerprint density at radius 2 is 1.96 bits per heavy atom.